The summed E-state index contributed by atoms with van der Waals surface area (Å²) in [5.74, 6) is -0.574. The van der Waals surface area contributed by atoms with E-state index in [9.17, 15) is 9.59 Å². The van der Waals surface area contributed by atoms with E-state index in [0.29, 0.717) is 38.4 Å². The lowest BCUT2D eigenvalue weighted by Crippen LogP contribution is -2.53. The zero-order valence-electron chi connectivity index (χ0n) is 10.2. The quantitative estimate of drug-likeness (QED) is 0.616. The first-order valence-corrected chi connectivity index (χ1v) is 6.03. The fourth-order valence-corrected chi connectivity index (χ4v) is 2.02. The third kappa shape index (κ3) is 3.89. The van der Waals surface area contributed by atoms with Gasteiger partial charge in [-0.05, 0) is 31.7 Å². The van der Waals surface area contributed by atoms with Gasteiger partial charge in [0.15, 0.2) is 0 Å². The Morgan fingerprint density at radius 2 is 2.24 bits per heavy atom. The molecule has 98 valence electrons. The summed E-state index contributed by atoms with van der Waals surface area (Å²) in [6.45, 7) is 3.53. The molecule has 4 N–H and O–H groups in total. The summed E-state index contributed by atoms with van der Waals surface area (Å²) in [5, 5.41) is 11.8. The molecule has 0 spiro atoms. The maximum atomic E-state index is 11.8. The van der Waals surface area contributed by atoms with Crippen molar-refractivity contribution in [2.24, 2.45) is 11.7 Å². The van der Waals surface area contributed by atoms with Crippen molar-refractivity contribution in [3.05, 3.63) is 0 Å². The van der Waals surface area contributed by atoms with Gasteiger partial charge in [-0.2, -0.15) is 0 Å². The number of likely N-dealkylation sites (tertiary alicyclic amines) is 1. The second kappa shape index (κ2) is 6.44. The summed E-state index contributed by atoms with van der Waals surface area (Å²) >= 11 is 0. The SMILES string of the molecule is CC1CCN(C(=O)NCCCN)C(C(=O)O)C1. The maximum absolute atomic E-state index is 11.8. The number of nitrogens with one attached hydrogen (secondary N) is 1. The molecule has 1 fully saturated rings. The number of urea groups is 1. The van der Waals surface area contributed by atoms with Gasteiger partial charge in [0.25, 0.3) is 0 Å². The number of nitrogens with two attached hydrogens (primary N) is 1. The Morgan fingerprint density at radius 1 is 1.53 bits per heavy atom. The van der Waals surface area contributed by atoms with Crippen LogP contribution in [0.15, 0.2) is 0 Å². The molecule has 2 unspecified atom stereocenters. The minimum atomic E-state index is -0.925. The predicted molar refractivity (Wildman–Crippen MR) is 63.6 cm³/mol. The van der Waals surface area contributed by atoms with Gasteiger partial charge in [-0.3, -0.25) is 0 Å². The van der Waals surface area contributed by atoms with E-state index in [1.54, 1.807) is 0 Å². The highest BCUT2D eigenvalue weighted by molar-refractivity contribution is 5.82. The number of hydrogen-bond donors (Lipinski definition) is 3. The van der Waals surface area contributed by atoms with Gasteiger partial charge in [0.1, 0.15) is 6.04 Å². The largest absolute Gasteiger partial charge is 0.480 e. The zero-order valence-corrected chi connectivity index (χ0v) is 10.2. The number of carboxylic acid groups (broad SMARTS) is 1. The summed E-state index contributed by atoms with van der Waals surface area (Å²) in [4.78, 5) is 24.3. The number of piperidine rings is 1. The van der Waals surface area contributed by atoms with Crippen LogP contribution in [0.25, 0.3) is 0 Å². The number of aliphatic carboxylic acids is 1. The van der Waals surface area contributed by atoms with Gasteiger partial charge < -0.3 is 21.1 Å². The number of carbonyl (C=O) groups excluding carboxylic acids is 1. The molecule has 1 aliphatic rings. The van der Waals surface area contributed by atoms with E-state index in [1.165, 1.54) is 4.90 Å². The lowest BCUT2D eigenvalue weighted by Gasteiger charge is -2.35. The van der Waals surface area contributed by atoms with E-state index in [0.717, 1.165) is 6.42 Å². The number of rotatable bonds is 4. The molecule has 0 aromatic rings. The molecule has 2 atom stereocenters. The van der Waals surface area contributed by atoms with Crippen molar-refractivity contribution in [3.8, 4) is 0 Å². The maximum Gasteiger partial charge on any atom is 0.326 e. The molecule has 1 heterocycles. The first kappa shape index (κ1) is 13.8. The lowest BCUT2D eigenvalue weighted by atomic mass is 9.93. The third-order valence-corrected chi connectivity index (χ3v) is 3.07. The van der Waals surface area contributed by atoms with Gasteiger partial charge in [0, 0.05) is 13.1 Å². The summed E-state index contributed by atoms with van der Waals surface area (Å²) in [7, 11) is 0. The molecule has 1 rings (SSSR count). The van der Waals surface area contributed by atoms with E-state index < -0.39 is 12.0 Å². The smallest absolute Gasteiger partial charge is 0.326 e. The highest BCUT2D eigenvalue weighted by Crippen LogP contribution is 2.22. The second-order valence-electron chi connectivity index (χ2n) is 4.55. The normalized spacial score (nSPS) is 24.5. The Labute approximate surface area is 101 Å². The molecule has 0 aliphatic carbocycles. The van der Waals surface area contributed by atoms with Gasteiger partial charge in [0.05, 0.1) is 0 Å². The fraction of sp³-hybridized carbons (Fsp3) is 0.818. The molecule has 17 heavy (non-hydrogen) atoms. The molecular formula is C11H21N3O3. The number of nitrogens with zero attached hydrogens (tertiary/aromatic N) is 1. The van der Waals surface area contributed by atoms with E-state index in [4.69, 9.17) is 10.8 Å². The molecule has 0 radical (unpaired) electrons. The van der Waals surface area contributed by atoms with Crippen LogP contribution in [-0.2, 0) is 4.79 Å². The van der Waals surface area contributed by atoms with Crippen LogP contribution < -0.4 is 11.1 Å². The average molecular weight is 243 g/mol. The first-order chi connectivity index (χ1) is 8.06. The lowest BCUT2D eigenvalue weighted by molar-refractivity contribution is -0.143. The summed E-state index contributed by atoms with van der Waals surface area (Å²) < 4.78 is 0. The molecule has 6 nitrogen and oxygen atoms in total. The number of carbonyl (C=O) groups is 2. The average Bonchev–Trinajstić information content (AvgIpc) is 2.29. The van der Waals surface area contributed by atoms with E-state index in [-0.39, 0.29) is 6.03 Å². The van der Waals surface area contributed by atoms with Crippen LogP contribution in [0.1, 0.15) is 26.2 Å². The van der Waals surface area contributed by atoms with Gasteiger partial charge in [0.2, 0.25) is 0 Å². The van der Waals surface area contributed by atoms with Crippen LogP contribution in [0, 0.1) is 5.92 Å². The molecule has 2 amide bonds. The van der Waals surface area contributed by atoms with E-state index >= 15 is 0 Å². The summed E-state index contributed by atoms with van der Waals surface area (Å²) in [6, 6.07) is -0.991. The Morgan fingerprint density at radius 3 is 2.82 bits per heavy atom. The minimum absolute atomic E-state index is 0.294. The van der Waals surface area contributed by atoms with Crippen molar-refractivity contribution in [1.82, 2.24) is 10.2 Å². The molecule has 1 aliphatic heterocycles. The van der Waals surface area contributed by atoms with Crippen molar-refractivity contribution < 1.29 is 14.7 Å². The van der Waals surface area contributed by atoms with Crippen molar-refractivity contribution >= 4 is 12.0 Å². The molecule has 1 saturated heterocycles. The van der Waals surface area contributed by atoms with Crippen molar-refractivity contribution in [1.29, 1.82) is 0 Å². The first-order valence-electron chi connectivity index (χ1n) is 6.03. The van der Waals surface area contributed by atoms with Crippen LogP contribution in [0.5, 0.6) is 0 Å². The monoisotopic (exact) mass is 243 g/mol. The number of carboxylic acids is 1. The molecule has 0 saturated carbocycles. The minimum Gasteiger partial charge on any atom is -0.480 e. The Kier molecular flexibility index (Phi) is 5.21. The van der Waals surface area contributed by atoms with Crippen LogP contribution in [0.3, 0.4) is 0 Å². The van der Waals surface area contributed by atoms with E-state index in [2.05, 4.69) is 5.32 Å². The van der Waals surface area contributed by atoms with Gasteiger partial charge in [-0.1, -0.05) is 6.92 Å². The molecule has 0 aromatic heterocycles. The predicted octanol–water partition coefficient (Wildman–Crippen LogP) is 0.230. The van der Waals surface area contributed by atoms with Gasteiger partial charge in [-0.15, -0.1) is 0 Å². The van der Waals surface area contributed by atoms with Gasteiger partial charge in [-0.25, -0.2) is 9.59 Å². The van der Waals surface area contributed by atoms with Crippen molar-refractivity contribution in [2.45, 2.75) is 32.2 Å². The van der Waals surface area contributed by atoms with Crippen LogP contribution in [0.4, 0.5) is 4.79 Å². The Hall–Kier alpha value is -1.30. The second-order valence-corrected chi connectivity index (χ2v) is 4.55. The van der Waals surface area contributed by atoms with E-state index in [1.807, 2.05) is 6.92 Å². The topological polar surface area (TPSA) is 95.7 Å². The fourth-order valence-electron chi connectivity index (χ4n) is 2.02. The van der Waals surface area contributed by atoms with Crippen LogP contribution in [0.2, 0.25) is 0 Å². The van der Waals surface area contributed by atoms with Crippen LogP contribution >= 0.6 is 0 Å². The summed E-state index contributed by atoms with van der Waals surface area (Å²) in [5.41, 5.74) is 5.33. The van der Waals surface area contributed by atoms with Gasteiger partial charge >= 0.3 is 12.0 Å². The van der Waals surface area contributed by atoms with Crippen molar-refractivity contribution in [3.63, 3.8) is 0 Å². The molecule has 6 heteroatoms. The molecule has 0 aromatic carbocycles. The Bertz CT molecular complexity index is 283. The third-order valence-electron chi connectivity index (χ3n) is 3.07. The summed E-state index contributed by atoms with van der Waals surface area (Å²) in [6.07, 6.45) is 2.08. The number of hydrogen-bond acceptors (Lipinski definition) is 3. The van der Waals surface area contributed by atoms with Crippen molar-refractivity contribution in [2.75, 3.05) is 19.6 Å². The highest BCUT2D eigenvalue weighted by Gasteiger charge is 2.34. The zero-order chi connectivity index (χ0) is 12.8. The molecular weight excluding hydrogens is 222 g/mol. The standard InChI is InChI=1S/C11H21N3O3/c1-8-3-6-14(9(7-8)10(15)16)11(17)13-5-2-4-12/h8-9H,2-7,12H2,1H3,(H,13,17)(H,15,16). The molecule has 0 bridgehead atoms. The highest BCUT2D eigenvalue weighted by atomic mass is 16.4. The Balaban J connectivity index is 2.54. The van der Waals surface area contributed by atoms with Crippen LogP contribution in [-0.4, -0.2) is 47.7 Å². The number of amides is 2.